The van der Waals surface area contributed by atoms with Crippen LogP contribution in [0, 0.1) is 35.1 Å². The SMILES string of the molecule is C#CCO.CC(C)/C=C1\C(O)C1(C)C.CCNCCCCO.CCO.CO.COc1ccc(CO)cc1.C[Si](C)(C)C#CCO.NCCOCCO.OCC(F)(F)F.OCC1CCCO1.OCc1ccccc1.OCc1ccco1. The van der Waals surface area contributed by atoms with E-state index in [0.29, 0.717) is 38.0 Å². The number of methoxy groups -OCH3 is 1. The largest absolute Gasteiger partial charge is 0.497 e. The summed E-state index contributed by atoms with van der Waals surface area (Å²) < 4.78 is 51.1. The lowest BCUT2D eigenvalue weighted by Crippen LogP contribution is -2.16. The molecule has 5 rings (SSSR count). The molecule has 0 radical (unpaired) electrons. The van der Waals surface area contributed by atoms with Crippen molar-refractivity contribution in [3.8, 4) is 29.6 Å². The number of furan rings is 1. The van der Waals surface area contributed by atoms with E-state index in [1.54, 1.807) is 26.2 Å². The van der Waals surface area contributed by atoms with Crippen LogP contribution < -0.4 is 15.8 Å². The van der Waals surface area contributed by atoms with Crippen LogP contribution in [0.25, 0.3) is 0 Å². The third-order valence-electron chi connectivity index (χ3n) is 8.80. The maximum absolute atomic E-state index is 10.5. The van der Waals surface area contributed by atoms with Crippen molar-refractivity contribution in [2.24, 2.45) is 17.1 Å². The minimum atomic E-state index is -4.40. The molecule has 0 bridgehead atoms. The van der Waals surface area contributed by atoms with Crippen molar-refractivity contribution < 1.29 is 93.1 Å². The Morgan fingerprint density at radius 3 is 1.60 bits per heavy atom. The van der Waals surface area contributed by atoms with Gasteiger partial charge in [-0.3, -0.25) is 0 Å². The van der Waals surface area contributed by atoms with Gasteiger partial charge in [-0.15, -0.1) is 12.0 Å². The smallest absolute Gasteiger partial charge is 0.411 e. The van der Waals surface area contributed by atoms with Gasteiger partial charge in [0.2, 0.25) is 0 Å². The third kappa shape index (κ3) is 71.8. The molecule has 2 heterocycles. The van der Waals surface area contributed by atoms with E-state index in [9.17, 15) is 18.3 Å². The van der Waals surface area contributed by atoms with Gasteiger partial charge in [0.25, 0.3) is 0 Å². The van der Waals surface area contributed by atoms with Gasteiger partial charge in [-0.05, 0) is 92.6 Å². The van der Waals surface area contributed by atoms with Gasteiger partial charge in [-0.1, -0.05) is 115 Å². The molecule has 468 valence electrons. The van der Waals surface area contributed by atoms with Crippen molar-refractivity contribution in [2.75, 3.05) is 99.9 Å². The molecule has 3 aromatic rings. The van der Waals surface area contributed by atoms with Crippen LogP contribution >= 0.6 is 0 Å². The van der Waals surface area contributed by atoms with Crippen LogP contribution in [-0.4, -0.2) is 188 Å². The molecule has 2 atom stereocenters. The van der Waals surface area contributed by atoms with Gasteiger partial charge in [0.05, 0.1) is 65.2 Å². The lowest BCUT2D eigenvalue weighted by atomic mass is 10.1. The van der Waals surface area contributed by atoms with E-state index in [1.165, 1.54) is 11.8 Å². The number of hydrogen-bond donors (Lipinski definition) is 14. The summed E-state index contributed by atoms with van der Waals surface area (Å²) >= 11 is 0. The predicted molar refractivity (Wildman–Crippen MR) is 315 cm³/mol. The zero-order valence-electron chi connectivity index (χ0n) is 49.7. The molecule has 80 heavy (non-hydrogen) atoms. The van der Waals surface area contributed by atoms with Crippen molar-refractivity contribution >= 4 is 8.07 Å². The predicted octanol–water partition coefficient (Wildman–Crippen LogP) is 5.21. The first-order valence-corrected chi connectivity index (χ1v) is 29.6. The molecule has 1 saturated carbocycles. The average Bonchev–Trinajstić information content (AvgIpc) is 4.03. The highest BCUT2D eigenvalue weighted by Crippen LogP contribution is 2.51. The molecule has 2 aliphatic rings. The molecule has 1 aliphatic carbocycles. The van der Waals surface area contributed by atoms with Gasteiger partial charge < -0.3 is 91.0 Å². The summed E-state index contributed by atoms with van der Waals surface area (Å²) in [6.45, 7) is 22.2. The van der Waals surface area contributed by atoms with Crippen LogP contribution in [-0.2, 0) is 29.3 Å². The molecule has 1 aromatic heterocycles. The summed E-state index contributed by atoms with van der Waals surface area (Å²) in [7, 11) is 1.42. The fourth-order valence-corrected chi connectivity index (χ4v) is 5.43. The second-order valence-electron chi connectivity index (χ2n) is 17.8. The quantitative estimate of drug-likeness (QED) is 0.0402. The van der Waals surface area contributed by atoms with Gasteiger partial charge in [-0.25, -0.2) is 0 Å². The van der Waals surface area contributed by atoms with E-state index in [0.717, 1.165) is 69.4 Å². The Balaban J connectivity index is -0.000000148. The van der Waals surface area contributed by atoms with Crippen molar-refractivity contribution in [1.82, 2.24) is 5.32 Å². The Bertz CT molecular complexity index is 1750. The van der Waals surface area contributed by atoms with E-state index in [2.05, 4.69) is 83.5 Å². The number of terminal acetylenes is 1. The van der Waals surface area contributed by atoms with Crippen molar-refractivity contribution in [3.63, 3.8) is 0 Å². The number of halogens is 3. The Morgan fingerprint density at radius 1 is 0.825 bits per heavy atom. The lowest BCUT2D eigenvalue weighted by Gasteiger charge is -2.02. The Kier molecular flexibility index (Phi) is 73.4. The first kappa shape index (κ1) is 89.5. The van der Waals surface area contributed by atoms with Gasteiger partial charge in [0.1, 0.15) is 46.0 Å². The fraction of sp³-hybridized carbons (Fsp3) is 0.621. The summed E-state index contributed by atoms with van der Waals surface area (Å²) in [5.41, 5.74) is 11.2. The van der Waals surface area contributed by atoms with E-state index in [-0.39, 0.29) is 70.5 Å². The summed E-state index contributed by atoms with van der Waals surface area (Å²) in [5.74, 6) is 6.63. The van der Waals surface area contributed by atoms with Crippen LogP contribution in [0.1, 0.15) is 84.1 Å². The normalized spacial score (nSPS) is 14.1. The first-order valence-electron chi connectivity index (χ1n) is 26.1. The molecule has 0 spiro atoms. The summed E-state index contributed by atoms with van der Waals surface area (Å²) in [4.78, 5) is 0. The number of unbranched alkanes of at least 4 members (excludes halogenated alkanes) is 1. The fourth-order valence-electron chi connectivity index (χ4n) is 4.82. The topological polar surface area (TPSA) is 322 Å². The number of aliphatic hydroxyl groups excluding tert-OH is 12. The molecular weight excluding hydrogens is 1070 g/mol. The Labute approximate surface area is 478 Å². The Hall–Kier alpha value is -4.25. The molecule has 18 nitrogen and oxygen atoms in total. The van der Waals surface area contributed by atoms with E-state index in [4.69, 9.17) is 80.5 Å². The first-order chi connectivity index (χ1) is 37.9. The second-order valence-corrected chi connectivity index (χ2v) is 22.5. The molecule has 2 unspecified atom stereocenters. The zero-order chi connectivity index (χ0) is 63.1. The van der Waals surface area contributed by atoms with E-state index < -0.39 is 20.9 Å². The number of hydrogen-bond acceptors (Lipinski definition) is 18. The van der Waals surface area contributed by atoms with E-state index in [1.807, 2.05) is 60.5 Å². The van der Waals surface area contributed by atoms with E-state index >= 15 is 0 Å². The molecule has 15 N–H and O–H groups in total. The molecule has 1 saturated heterocycles. The molecule has 0 amide bonds. The number of ether oxygens (including phenoxy) is 3. The number of nitrogens with two attached hydrogens (primary N) is 1. The summed E-state index contributed by atoms with van der Waals surface area (Å²) in [6.07, 6.45) is 7.96. The molecule has 22 heteroatoms. The monoisotopic (exact) mass is 1170 g/mol. The maximum atomic E-state index is 10.5. The van der Waals surface area contributed by atoms with Crippen molar-refractivity contribution in [1.29, 1.82) is 0 Å². The van der Waals surface area contributed by atoms with Crippen LogP contribution in [0.4, 0.5) is 13.2 Å². The van der Waals surface area contributed by atoms with Crippen molar-refractivity contribution in [3.05, 3.63) is 102 Å². The molecule has 2 fully saturated rings. The van der Waals surface area contributed by atoms with Gasteiger partial charge in [0, 0.05) is 38.9 Å². The highest BCUT2D eigenvalue weighted by molar-refractivity contribution is 6.83. The van der Waals surface area contributed by atoms with Crippen LogP contribution in [0.15, 0.2) is 89.1 Å². The molecule has 2 aromatic carbocycles. The highest BCUT2D eigenvalue weighted by Gasteiger charge is 2.51. The maximum Gasteiger partial charge on any atom is 0.411 e. The van der Waals surface area contributed by atoms with Crippen molar-refractivity contribution in [2.45, 2.75) is 125 Å². The molecular formula is C58H105F3N2O16Si. The van der Waals surface area contributed by atoms with Gasteiger partial charge in [-0.2, -0.15) is 13.2 Å². The van der Waals surface area contributed by atoms with Gasteiger partial charge in [0.15, 0.2) is 0 Å². The van der Waals surface area contributed by atoms with Crippen LogP contribution in [0.2, 0.25) is 19.6 Å². The number of nitrogens with one attached hydrogen (secondary N) is 1. The minimum Gasteiger partial charge on any atom is -0.497 e. The molecule has 1 aliphatic heterocycles. The zero-order valence-corrected chi connectivity index (χ0v) is 50.7. The number of aliphatic hydroxyl groups is 12. The summed E-state index contributed by atoms with van der Waals surface area (Å²) in [5, 5.41) is 101. The number of rotatable bonds is 15. The van der Waals surface area contributed by atoms with Crippen LogP contribution in [0.5, 0.6) is 5.75 Å². The number of allylic oxidation sites excluding steroid dienone is 1. The average molecular weight is 1170 g/mol. The lowest BCUT2D eigenvalue weighted by molar-refractivity contribution is -0.159. The Morgan fingerprint density at radius 2 is 1.35 bits per heavy atom. The summed E-state index contributed by atoms with van der Waals surface area (Å²) in [6, 6.07) is 20.3. The second kappa shape index (κ2) is 65.6. The van der Waals surface area contributed by atoms with Gasteiger partial charge >= 0.3 is 6.18 Å². The number of alkyl halides is 3. The minimum absolute atomic E-state index is 0.00424. The third-order valence-corrected chi connectivity index (χ3v) is 9.73. The standard InChI is InChI=1S/C9H16O.C8H10O2.C7H8O.C6H15NO.C6H12OSi.C5H10O2.C5H6O2.C4H11NO2.C3H4O.C2H3F3O.C2H6O.CH4O/c1-6(2)5-7-8(10)9(7,3)4;1-10-8-4-2-7(6-9)3-5-8;8-6-7-4-2-1-3-5-7;1-2-7-5-3-4-6-8;1-8(2,3)6-4-5-7;2*6-4-5-2-1-3-7-5;5-1-3-7-4-2-6;1-2-3-4;3-2(4,5)1-6;1-2-3;1-2/h5-6,8,10H,1-4H3;2-5,9H,6H2,1H3;1-5,8H,6H2;7-8H,2-6H2,1H3;7H,5H2,1-3H3;5-6H,1-4H2;1-3,6H,4H2;6H,1-5H2;1,4H,3H2;6H,1H2;3H,2H2,1H3;2H,1H3/b7-5+;;;;;;;;;;;. The number of benzene rings is 2. The highest BCUT2D eigenvalue weighted by atomic mass is 28.3. The van der Waals surface area contributed by atoms with Crippen LogP contribution in [0.3, 0.4) is 0 Å².